The molecule has 15 heavy (non-hydrogen) atoms. The Morgan fingerprint density at radius 3 is 2.33 bits per heavy atom. The van der Waals surface area contributed by atoms with Crippen LogP contribution in [0.3, 0.4) is 0 Å². The molecule has 0 bridgehead atoms. The fraction of sp³-hybridized carbons (Fsp3) is 0.500. The van der Waals surface area contributed by atoms with E-state index >= 15 is 0 Å². The summed E-state index contributed by atoms with van der Waals surface area (Å²) in [4.78, 5) is 0. The molecule has 3 heteroatoms. The summed E-state index contributed by atoms with van der Waals surface area (Å²) >= 11 is 0. The highest BCUT2D eigenvalue weighted by atomic mass is 19.1. The van der Waals surface area contributed by atoms with Crippen LogP contribution in [0.25, 0.3) is 0 Å². The van der Waals surface area contributed by atoms with Crippen LogP contribution in [0, 0.1) is 17.6 Å². The van der Waals surface area contributed by atoms with Gasteiger partial charge in [0.05, 0.1) is 0 Å². The van der Waals surface area contributed by atoms with Crippen LogP contribution in [0.4, 0.5) is 14.5 Å². The molecular weight excluding hydrogens is 196 g/mol. The molecule has 1 nitrogen and oxygen atoms in total. The molecule has 1 aromatic rings. The maximum Gasteiger partial charge on any atom is 0.149 e. The molecule has 1 aromatic carbocycles. The number of para-hydroxylation sites is 1. The molecule has 0 heterocycles. The van der Waals surface area contributed by atoms with E-state index in [1.165, 1.54) is 18.2 Å². The summed E-state index contributed by atoms with van der Waals surface area (Å²) in [6.45, 7) is 4.86. The number of anilines is 1. The van der Waals surface area contributed by atoms with Crippen LogP contribution >= 0.6 is 0 Å². The first-order chi connectivity index (χ1) is 7.11. The minimum atomic E-state index is -0.528. The van der Waals surface area contributed by atoms with Crippen molar-refractivity contribution in [2.45, 2.75) is 26.7 Å². The molecule has 0 saturated carbocycles. The van der Waals surface area contributed by atoms with Crippen LogP contribution < -0.4 is 5.32 Å². The SMILES string of the molecule is CC(C)CCCNc1c(F)cccc1F. The van der Waals surface area contributed by atoms with Crippen molar-refractivity contribution in [3.8, 4) is 0 Å². The van der Waals surface area contributed by atoms with Gasteiger partial charge in [-0.05, 0) is 30.9 Å². The smallest absolute Gasteiger partial charge is 0.149 e. The number of halogens is 2. The molecule has 0 fully saturated rings. The van der Waals surface area contributed by atoms with Gasteiger partial charge in [-0.15, -0.1) is 0 Å². The largest absolute Gasteiger partial charge is 0.380 e. The highest BCUT2D eigenvalue weighted by Crippen LogP contribution is 2.18. The lowest BCUT2D eigenvalue weighted by molar-refractivity contribution is 0.560. The van der Waals surface area contributed by atoms with Gasteiger partial charge >= 0.3 is 0 Å². The standard InChI is InChI=1S/C12H17F2N/c1-9(2)5-4-8-15-12-10(13)6-3-7-11(12)14/h3,6-7,9,15H,4-5,8H2,1-2H3. The van der Waals surface area contributed by atoms with E-state index in [1.807, 2.05) is 0 Å². The van der Waals surface area contributed by atoms with Crippen molar-refractivity contribution in [3.63, 3.8) is 0 Å². The summed E-state index contributed by atoms with van der Waals surface area (Å²) < 4.78 is 26.3. The van der Waals surface area contributed by atoms with E-state index in [9.17, 15) is 8.78 Å². The van der Waals surface area contributed by atoms with Gasteiger partial charge in [0, 0.05) is 6.54 Å². The zero-order valence-corrected chi connectivity index (χ0v) is 9.19. The third-order valence-electron chi connectivity index (χ3n) is 2.22. The van der Waals surface area contributed by atoms with E-state index in [-0.39, 0.29) is 5.69 Å². The van der Waals surface area contributed by atoms with Gasteiger partial charge in [0.15, 0.2) is 0 Å². The average molecular weight is 213 g/mol. The molecule has 0 amide bonds. The van der Waals surface area contributed by atoms with Gasteiger partial charge in [0.2, 0.25) is 0 Å². The predicted molar refractivity (Wildman–Crippen MR) is 58.9 cm³/mol. The van der Waals surface area contributed by atoms with Crippen molar-refractivity contribution >= 4 is 5.69 Å². The van der Waals surface area contributed by atoms with E-state index < -0.39 is 11.6 Å². The molecule has 0 spiro atoms. The summed E-state index contributed by atoms with van der Waals surface area (Å²) in [5.74, 6) is -0.434. The summed E-state index contributed by atoms with van der Waals surface area (Å²) in [7, 11) is 0. The quantitative estimate of drug-likeness (QED) is 0.733. The molecule has 0 aromatic heterocycles. The van der Waals surface area contributed by atoms with Gasteiger partial charge in [0.25, 0.3) is 0 Å². The lowest BCUT2D eigenvalue weighted by Crippen LogP contribution is -2.06. The summed E-state index contributed by atoms with van der Waals surface area (Å²) in [6.07, 6.45) is 1.98. The van der Waals surface area contributed by atoms with Crippen molar-refractivity contribution in [1.29, 1.82) is 0 Å². The Bertz CT molecular complexity index is 290. The van der Waals surface area contributed by atoms with Crippen LogP contribution in [-0.2, 0) is 0 Å². The number of benzene rings is 1. The van der Waals surface area contributed by atoms with Crippen molar-refractivity contribution in [2.75, 3.05) is 11.9 Å². The first-order valence-electron chi connectivity index (χ1n) is 5.29. The first kappa shape index (κ1) is 12.0. The highest BCUT2D eigenvalue weighted by Gasteiger charge is 2.06. The zero-order chi connectivity index (χ0) is 11.3. The first-order valence-corrected chi connectivity index (χ1v) is 5.29. The van der Waals surface area contributed by atoms with Crippen LogP contribution in [0.5, 0.6) is 0 Å². The van der Waals surface area contributed by atoms with Crippen LogP contribution in [-0.4, -0.2) is 6.54 Å². The van der Waals surface area contributed by atoms with Gasteiger partial charge in [-0.3, -0.25) is 0 Å². The molecule has 0 aliphatic rings. The Balaban J connectivity index is 2.43. The predicted octanol–water partition coefficient (Wildman–Crippen LogP) is 3.81. The van der Waals surface area contributed by atoms with Gasteiger partial charge in [-0.1, -0.05) is 19.9 Å². The fourth-order valence-corrected chi connectivity index (χ4v) is 1.39. The van der Waals surface area contributed by atoms with Crippen molar-refractivity contribution < 1.29 is 8.78 Å². The van der Waals surface area contributed by atoms with E-state index in [0.29, 0.717) is 12.5 Å². The molecule has 84 valence electrons. The van der Waals surface area contributed by atoms with Crippen molar-refractivity contribution in [1.82, 2.24) is 0 Å². The van der Waals surface area contributed by atoms with Crippen LogP contribution in [0.1, 0.15) is 26.7 Å². The third kappa shape index (κ3) is 3.86. The number of hydrogen-bond donors (Lipinski definition) is 1. The normalized spacial score (nSPS) is 10.7. The van der Waals surface area contributed by atoms with Gasteiger partial charge < -0.3 is 5.32 Å². The van der Waals surface area contributed by atoms with Crippen molar-refractivity contribution in [3.05, 3.63) is 29.8 Å². The maximum absolute atomic E-state index is 13.1. The summed E-state index contributed by atoms with van der Waals surface area (Å²) in [6, 6.07) is 3.88. The molecule has 0 aliphatic heterocycles. The topological polar surface area (TPSA) is 12.0 Å². The highest BCUT2D eigenvalue weighted by molar-refractivity contribution is 5.45. The fourth-order valence-electron chi connectivity index (χ4n) is 1.39. The van der Waals surface area contributed by atoms with Crippen LogP contribution in [0.2, 0.25) is 0 Å². The van der Waals surface area contributed by atoms with E-state index in [2.05, 4.69) is 19.2 Å². The number of hydrogen-bond acceptors (Lipinski definition) is 1. The van der Waals surface area contributed by atoms with E-state index in [1.54, 1.807) is 0 Å². The lowest BCUT2D eigenvalue weighted by atomic mass is 10.1. The monoisotopic (exact) mass is 213 g/mol. The Kier molecular flexibility index (Phi) is 4.53. The zero-order valence-electron chi connectivity index (χ0n) is 9.19. The Morgan fingerprint density at radius 1 is 1.20 bits per heavy atom. The molecule has 0 radical (unpaired) electrons. The second kappa shape index (κ2) is 5.69. The minimum Gasteiger partial charge on any atom is -0.380 e. The van der Waals surface area contributed by atoms with Crippen LogP contribution in [0.15, 0.2) is 18.2 Å². The Hall–Kier alpha value is -1.12. The summed E-state index contributed by atoms with van der Waals surface area (Å²) in [5.41, 5.74) is -0.0127. The molecule has 1 rings (SSSR count). The lowest BCUT2D eigenvalue weighted by Gasteiger charge is -2.09. The van der Waals surface area contributed by atoms with Gasteiger partial charge in [-0.2, -0.15) is 0 Å². The Morgan fingerprint density at radius 2 is 1.80 bits per heavy atom. The molecule has 0 aliphatic carbocycles. The van der Waals surface area contributed by atoms with Crippen molar-refractivity contribution in [2.24, 2.45) is 5.92 Å². The molecule has 0 atom stereocenters. The van der Waals surface area contributed by atoms with Gasteiger partial charge in [-0.25, -0.2) is 8.78 Å². The molecular formula is C12H17F2N. The molecule has 0 saturated heterocycles. The second-order valence-electron chi connectivity index (χ2n) is 4.06. The van der Waals surface area contributed by atoms with E-state index in [4.69, 9.17) is 0 Å². The average Bonchev–Trinajstić information content (AvgIpc) is 2.15. The second-order valence-corrected chi connectivity index (χ2v) is 4.06. The summed E-state index contributed by atoms with van der Waals surface area (Å²) in [5, 5.41) is 2.79. The Labute approximate surface area is 89.5 Å². The van der Waals surface area contributed by atoms with Gasteiger partial charge in [0.1, 0.15) is 17.3 Å². The number of nitrogens with one attached hydrogen (secondary N) is 1. The maximum atomic E-state index is 13.1. The van der Waals surface area contributed by atoms with E-state index in [0.717, 1.165) is 12.8 Å². The minimum absolute atomic E-state index is 0.0127. The third-order valence-corrected chi connectivity index (χ3v) is 2.22. The molecule has 0 unspecified atom stereocenters. The molecule has 1 N–H and O–H groups in total. The number of rotatable bonds is 5.